The predicted octanol–water partition coefficient (Wildman–Crippen LogP) is 2.73. The molecule has 1 aliphatic heterocycles. The fraction of sp³-hybridized carbons (Fsp3) is 0.462. The van der Waals surface area contributed by atoms with Crippen LogP contribution in [-0.2, 0) is 20.6 Å². The highest BCUT2D eigenvalue weighted by Gasteiger charge is 2.31. The van der Waals surface area contributed by atoms with E-state index in [4.69, 9.17) is 16.7 Å². The molecule has 0 unspecified atom stereocenters. The van der Waals surface area contributed by atoms with Gasteiger partial charge >= 0.3 is 5.97 Å². The highest BCUT2D eigenvalue weighted by atomic mass is 79.9. The van der Waals surface area contributed by atoms with Crippen molar-refractivity contribution in [3.05, 3.63) is 33.3 Å². The van der Waals surface area contributed by atoms with E-state index >= 15 is 0 Å². The number of carbonyl (C=O) groups is 1. The summed E-state index contributed by atoms with van der Waals surface area (Å²) in [5.74, 6) is -1.42. The summed E-state index contributed by atoms with van der Waals surface area (Å²) < 4.78 is 26.8. The van der Waals surface area contributed by atoms with Gasteiger partial charge in [-0.1, -0.05) is 33.6 Å². The molecule has 1 aromatic carbocycles. The van der Waals surface area contributed by atoms with E-state index in [2.05, 4.69) is 15.9 Å². The Morgan fingerprint density at radius 3 is 2.52 bits per heavy atom. The minimum Gasteiger partial charge on any atom is -0.481 e. The van der Waals surface area contributed by atoms with Gasteiger partial charge in [-0.2, -0.15) is 0 Å². The van der Waals surface area contributed by atoms with Gasteiger partial charge in [-0.3, -0.25) is 4.79 Å². The van der Waals surface area contributed by atoms with Gasteiger partial charge in [-0.25, -0.2) is 12.7 Å². The van der Waals surface area contributed by atoms with Crippen molar-refractivity contribution in [2.24, 2.45) is 5.92 Å². The summed E-state index contributed by atoms with van der Waals surface area (Å²) in [6.07, 6.45) is 0.715. The second-order valence-corrected chi connectivity index (χ2v) is 8.26. The van der Waals surface area contributed by atoms with E-state index < -0.39 is 21.9 Å². The van der Waals surface area contributed by atoms with Gasteiger partial charge in [0, 0.05) is 22.6 Å². The average Bonchev–Trinajstić information content (AvgIpc) is 2.42. The fourth-order valence-corrected chi connectivity index (χ4v) is 4.91. The molecule has 0 saturated carbocycles. The molecule has 1 N–H and O–H groups in total. The van der Waals surface area contributed by atoms with E-state index in [0.29, 0.717) is 27.9 Å². The molecule has 1 saturated heterocycles. The molecule has 1 aliphatic rings. The molecule has 116 valence electrons. The van der Waals surface area contributed by atoms with Gasteiger partial charge in [-0.05, 0) is 30.5 Å². The summed E-state index contributed by atoms with van der Waals surface area (Å²) in [6, 6.07) is 4.98. The van der Waals surface area contributed by atoms with E-state index in [9.17, 15) is 13.2 Å². The molecule has 0 spiro atoms. The van der Waals surface area contributed by atoms with Crippen molar-refractivity contribution < 1.29 is 18.3 Å². The molecule has 0 amide bonds. The highest BCUT2D eigenvalue weighted by Crippen LogP contribution is 2.26. The Bertz CT molecular complexity index is 642. The molecule has 1 aromatic rings. The number of hydrogen-bond donors (Lipinski definition) is 1. The van der Waals surface area contributed by atoms with Crippen LogP contribution in [0.25, 0.3) is 0 Å². The van der Waals surface area contributed by atoms with E-state index in [-0.39, 0.29) is 18.8 Å². The van der Waals surface area contributed by atoms with Crippen LogP contribution in [0, 0.1) is 5.92 Å². The van der Waals surface area contributed by atoms with Crippen molar-refractivity contribution in [2.45, 2.75) is 18.6 Å². The van der Waals surface area contributed by atoms with Crippen LogP contribution in [-0.4, -0.2) is 36.9 Å². The number of carboxylic acids is 1. The lowest BCUT2D eigenvalue weighted by Crippen LogP contribution is -2.40. The van der Waals surface area contributed by atoms with Crippen LogP contribution in [0.5, 0.6) is 0 Å². The maximum absolute atomic E-state index is 12.4. The summed E-state index contributed by atoms with van der Waals surface area (Å²) >= 11 is 9.14. The highest BCUT2D eigenvalue weighted by molar-refractivity contribution is 9.10. The number of benzene rings is 1. The lowest BCUT2D eigenvalue weighted by atomic mass is 9.99. The second kappa shape index (κ2) is 6.64. The molecular weight excluding hydrogens is 382 g/mol. The third-order valence-electron chi connectivity index (χ3n) is 3.55. The Labute approximate surface area is 137 Å². The summed E-state index contributed by atoms with van der Waals surface area (Å²) in [6.45, 7) is 0.509. The van der Waals surface area contributed by atoms with E-state index in [1.54, 1.807) is 18.2 Å². The van der Waals surface area contributed by atoms with Crippen molar-refractivity contribution in [1.29, 1.82) is 0 Å². The van der Waals surface area contributed by atoms with Crippen molar-refractivity contribution in [3.8, 4) is 0 Å². The maximum Gasteiger partial charge on any atom is 0.306 e. The van der Waals surface area contributed by atoms with Gasteiger partial charge < -0.3 is 5.11 Å². The standard InChI is InChI=1S/C13H15BrClNO4S/c14-12-7-11(15)2-1-10(12)8-21(19,20)16-5-3-9(4-6-16)13(17)18/h1-2,7,9H,3-6,8H2,(H,17,18). The minimum atomic E-state index is -3.45. The van der Waals surface area contributed by atoms with Gasteiger partial charge in [0.25, 0.3) is 0 Å². The average molecular weight is 397 g/mol. The molecule has 0 aliphatic carbocycles. The zero-order valence-corrected chi connectivity index (χ0v) is 14.3. The third-order valence-corrected chi connectivity index (χ3v) is 6.35. The number of carboxylic acid groups (broad SMARTS) is 1. The van der Waals surface area contributed by atoms with E-state index in [1.165, 1.54) is 4.31 Å². The maximum atomic E-state index is 12.4. The molecule has 0 radical (unpaired) electrons. The Balaban J connectivity index is 2.07. The van der Waals surface area contributed by atoms with Gasteiger partial charge in [0.05, 0.1) is 11.7 Å². The lowest BCUT2D eigenvalue weighted by Gasteiger charge is -2.29. The molecule has 1 fully saturated rings. The summed E-state index contributed by atoms with van der Waals surface area (Å²) in [4.78, 5) is 10.9. The summed E-state index contributed by atoms with van der Waals surface area (Å²) in [7, 11) is -3.45. The molecule has 5 nitrogen and oxygen atoms in total. The Kier molecular flexibility index (Phi) is 5.29. The summed E-state index contributed by atoms with van der Waals surface area (Å²) in [5, 5.41) is 9.47. The Hall–Kier alpha value is -0.630. The number of rotatable bonds is 4. The van der Waals surface area contributed by atoms with Gasteiger partial charge in [0.2, 0.25) is 10.0 Å². The Morgan fingerprint density at radius 2 is 2.00 bits per heavy atom. The number of hydrogen-bond acceptors (Lipinski definition) is 3. The first kappa shape index (κ1) is 16.7. The molecule has 0 bridgehead atoms. The van der Waals surface area contributed by atoms with Gasteiger partial charge in [0.1, 0.15) is 0 Å². The minimum absolute atomic E-state index is 0.123. The van der Waals surface area contributed by atoms with Gasteiger partial charge in [-0.15, -0.1) is 0 Å². The molecule has 1 heterocycles. The quantitative estimate of drug-likeness (QED) is 0.849. The van der Waals surface area contributed by atoms with Crippen LogP contribution in [0.3, 0.4) is 0 Å². The monoisotopic (exact) mass is 395 g/mol. The lowest BCUT2D eigenvalue weighted by molar-refractivity contribution is -0.142. The third kappa shape index (κ3) is 4.18. The first-order chi connectivity index (χ1) is 9.79. The van der Waals surface area contributed by atoms with Crippen LogP contribution in [0.2, 0.25) is 5.02 Å². The van der Waals surface area contributed by atoms with Crippen LogP contribution < -0.4 is 0 Å². The van der Waals surface area contributed by atoms with Crippen LogP contribution in [0.1, 0.15) is 18.4 Å². The van der Waals surface area contributed by atoms with Crippen molar-refractivity contribution in [3.63, 3.8) is 0 Å². The molecule has 0 atom stereocenters. The number of piperidine rings is 1. The Morgan fingerprint density at radius 1 is 1.38 bits per heavy atom. The summed E-state index contributed by atoms with van der Waals surface area (Å²) in [5.41, 5.74) is 0.639. The van der Waals surface area contributed by atoms with E-state index in [1.807, 2.05) is 0 Å². The fourth-order valence-electron chi connectivity index (χ4n) is 2.31. The van der Waals surface area contributed by atoms with Crippen molar-refractivity contribution in [2.75, 3.05) is 13.1 Å². The number of nitrogens with zero attached hydrogens (tertiary/aromatic N) is 1. The largest absolute Gasteiger partial charge is 0.481 e. The first-order valence-electron chi connectivity index (χ1n) is 6.44. The van der Waals surface area contributed by atoms with E-state index in [0.717, 1.165) is 0 Å². The SMILES string of the molecule is O=C(O)C1CCN(S(=O)(=O)Cc2ccc(Cl)cc2Br)CC1. The van der Waals surface area contributed by atoms with Crippen LogP contribution >= 0.6 is 27.5 Å². The zero-order chi connectivity index (χ0) is 15.6. The predicted molar refractivity (Wildman–Crippen MR) is 83.7 cm³/mol. The zero-order valence-electron chi connectivity index (χ0n) is 11.1. The molecule has 21 heavy (non-hydrogen) atoms. The number of aliphatic carboxylic acids is 1. The smallest absolute Gasteiger partial charge is 0.306 e. The molecular formula is C13H15BrClNO4S. The second-order valence-electron chi connectivity index (χ2n) is 5.00. The molecule has 2 rings (SSSR count). The topological polar surface area (TPSA) is 74.7 Å². The number of halogens is 2. The van der Waals surface area contributed by atoms with Gasteiger partial charge in [0.15, 0.2) is 0 Å². The normalized spacial score (nSPS) is 17.8. The first-order valence-corrected chi connectivity index (χ1v) is 9.22. The van der Waals surface area contributed by atoms with Crippen molar-refractivity contribution in [1.82, 2.24) is 4.31 Å². The molecule has 8 heteroatoms. The van der Waals surface area contributed by atoms with Crippen molar-refractivity contribution >= 4 is 43.5 Å². The number of sulfonamides is 1. The van der Waals surface area contributed by atoms with Crippen LogP contribution in [0.4, 0.5) is 0 Å². The van der Waals surface area contributed by atoms with Crippen LogP contribution in [0.15, 0.2) is 22.7 Å². The molecule has 0 aromatic heterocycles.